The second-order valence-corrected chi connectivity index (χ2v) is 7.49. The first-order chi connectivity index (χ1) is 15.2. The SMILES string of the molecule is CN1CCN(c2cc(Nc3[nH]nc4ncncc34)nc(/C=C/c3ccccc3)n2)CC1. The Morgan fingerprint density at radius 2 is 1.87 bits per heavy atom. The van der Waals surface area contributed by atoms with E-state index in [1.54, 1.807) is 6.20 Å². The number of likely N-dealkylation sites (N-methyl/N-ethyl adjacent to an activating group) is 1. The maximum atomic E-state index is 4.81. The third-order valence-corrected chi connectivity index (χ3v) is 5.27. The lowest BCUT2D eigenvalue weighted by Gasteiger charge is -2.33. The fourth-order valence-electron chi connectivity index (χ4n) is 3.50. The van der Waals surface area contributed by atoms with Crippen molar-refractivity contribution in [3.05, 3.63) is 60.3 Å². The summed E-state index contributed by atoms with van der Waals surface area (Å²) in [5, 5.41) is 11.3. The molecule has 0 aliphatic carbocycles. The van der Waals surface area contributed by atoms with Gasteiger partial charge in [-0.25, -0.2) is 19.9 Å². The largest absolute Gasteiger partial charge is 0.354 e. The number of benzene rings is 1. The van der Waals surface area contributed by atoms with Gasteiger partial charge in [-0.3, -0.25) is 5.10 Å². The Hall–Kier alpha value is -3.85. The second-order valence-electron chi connectivity index (χ2n) is 7.49. The van der Waals surface area contributed by atoms with Gasteiger partial charge in [-0.1, -0.05) is 36.4 Å². The molecule has 31 heavy (non-hydrogen) atoms. The molecule has 0 atom stereocenters. The smallest absolute Gasteiger partial charge is 0.186 e. The van der Waals surface area contributed by atoms with Crippen LogP contribution in [0.3, 0.4) is 0 Å². The van der Waals surface area contributed by atoms with E-state index in [0.717, 1.165) is 42.9 Å². The zero-order valence-electron chi connectivity index (χ0n) is 17.2. The molecule has 1 aliphatic heterocycles. The predicted octanol–water partition coefficient (Wildman–Crippen LogP) is 2.81. The zero-order valence-corrected chi connectivity index (χ0v) is 17.2. The van der Waals surface area contributed by atoms with Crippen molar-refractivity contribution >= 4 is 40.6 Å². The van der Waals surface area contributed by atoms with Gasteiger partial charge in [0.2, 0.25) is 0 Å². The van der Waals surface area contributed by atoms with E-state index in [1.807, 2.05) is 36.4 Å². The average molecular weight is 413 g/mol. The van der Waals surface area contributed by atoms with E-state index in [-0.39, 0.29) is 0 Å². The molecule has 4 aromatic rings. The molecule has 1 aliphatic rings. The van der Waals surface area contributed by atoms with Gasteiger partial charge < -0.3 is 15.1 Å². The summed E-state index contributed by atoms with van der Waals surface area (Å²) in [6, 6.07) is 12.1. The monoisotopic (exact) mass is 413 g/mol. The van der Waals surface area contributed by atoms with E-state index in [2.05, 4.69) is 54.5 Å². The molecule has 0 saturated carbocycles. The molecule has 4 heterocycles. The highest BCUT2D eigenvalue weighted by Crippen LogP contribution is 2.24. The molecule has 0 bridgehead atoms. The molecule has 1 aromatic carbocycles. The van der Waals surface area contributed by atoms with Gasteiger partial charge in [0.25, 0.3) is 0 Å². The van der Waals surface area contributed by atoms with Crippen molar-refractivity contribution in [3.8, 4) is 0 Å². The van der Waals surface area contributed by atoms with E-state index in [4.69, 9.17) is 9.97 Å². The van der Waals surface area contributed by atoms with Crippen molar-refractivity contribution in [2.75, 3.05) is 43.4 Å². The van der Waals surface area contributed by atoms with Crippen LogP contribution in [0.4, 0.5) is 17.5 Å². The first-order valence-electron chi connectivity index (χ1n) is 10.2. The number of aromatic nitrogens is 6. The van der Waals surface area contributed by atoms with Crippen LogP contribution in [0.25, 0.3) is 23.2 Å². The van der Waals surface area contributed by atoms with Gasteiger partial charge in [-0.15, -0.1) is 0 Å². The summed E-state index contributed by atoms with van der Waals surface area (Å²) in [5.41, 5.74) is 1.71. The summed E-state index contributed by atoms with van der Waals surface area (Å²) in [7, 11) is 2.14. The fraction of sp³-hybridized carbons (Fsp3) is 0.227. The highest BCUT2D eigenvalue weighted by molar-refractivity contribution is 5.88. The molecular formula is C22H23N9. The van der Waals surface area contributed by atoms with Crippen LogP contribution in [0.15, 0.2) is 48.9 Å². The minimum Gasteiger partial charge on any atom is -0.354 e. The standard InChI is InChI=1S/C22H23N9/c1-30-9-11-31(12-10-30)20-13-19(27-22-17-14-23-15-24-21(17)28-29-22)25-18(26-20)8-7-16-5-3-2-4-6-16/h2-8,13-15H,9-12H2,1H3,(H2,23,24,25,26,27,28,29)/b8-7+. The summed E-state index contributed by atoms with van der Waals surface area (Å²) >= 11 is 0. The van der Waals surface area contributed by atoms with Crippen molar-refractivity contribution in [2.45, 2.75) is 0 Å². The Bertz CT molecular complexity index is 1190. The number of piperazine rings is 1. The van der Waals surface area contributed by atoms with Crippen LogP contribution in [-0.4, -0.2) is 68.3 Å². The van der Waals surface area contributed by atoms with Gasteiger partial charge in [-0.2, -0.15) is 5.10 Å². The first-order valence-corrected chi connectivity index (χ1v) is 10.2. The Balaban J connectivity index is 1.48. The quantitative estimate of drug-likeness (QED) is 0.515. The number of anilines is 3. The van der Waals surface area contributed by atoms with Crippen LogP contribution in [0.2, 0.25) is 0 Å². The number of fused-ring (bicyclic) bond motifs is 1. The van der Waals surface area contributed by atoms with E-state index >= 15 is 0 Å². The predicted molar refractivity (Wildman–Crippen MR) is 122 cm³/mol. The molecule has 1 saturated heterocycles. The van der Waals surface area contributed by atoms with Crippen molar-refractivity contribution < 1.29 is 0 Å². The van der Waals surface area contributed by atoms with Crippen LogP contribution < -0.4 is 10.2 Å². The number of nitrogens with one attached hydrogen (secondary N) is 2. The van der Waals surface area contributed by atoms with Crippen LogP contribution in [0.1, 0.15) is 11.4 Å². The second kappa shape index (κ2) is 8.49. The Morgan fingerprint density at radius 1 is 1.03 bits per heavy atom. The summed E-state index contributed by atoms with van der Waals surface area (Å²) in [4.78, 5) is 22.4. The minimum absolute atomic E-state index is 0.607. The topological polar surface area (TPSA) is 98.8 Å². The molecular weight excluding hydrogens is 390 g/mol. The van der Waals surface area contributed by atoms with Crippen molar-refractivity contribution in [1.82, 2.24) is 35.0 Å². The number of nitrogens with zero attached hydrogens (tertiary/aromatic N) is 7. The van der Waals surface area contributed by atoms with Crippen LogP contribution in [0, 0.1) is 0 Å². The molecule has 9 nitrogen and oxygen atoms in total. The van der Waals surface area contributed by atoms with Gasteiger partial charge >= 0.3 is 0 Å². The first kappa shape index (κ1) is 19.1. The van der Waals surface area contributed by atoms with Crippen molar-refractivity contribution in [1.29, 1.82) is 0 Å². The lowest BCUT2D eigenvalue weighted by molar-refractivity contribution is 0.312. The van der Waals surface area contributed by atoms with Crippen molar-refractivity contribution in [3.63, 3.8) is 0 Å². The van der Waals surface area contributed by atoms with Crippen LogP contribution in [-0.2, 0) is 0 Å². The highest BCUT2D eigenvalue weighted by atomic mass is 15.3. The highest BCUT2D eigenvalue weighted by Gasteiger charge is 2.17. The maximum absolute atomic E-state index is 4.81. The maximum Gasteiger partial charge on any atom is 0.186 e. The number of H-pyrrole nitrogens is 1. The molecule has 3 aromatic heterocycles. The summed E-state index contributed by atoms with van der Waals surface area (Å²) < 4.78 is 0. The molecule has 0 spiro atoms. The molecule has 156 valence electrons. The van der Waals surface area contributed by atoms with Gasteiger partial charge in [0, 0.05) is 38.4 Å². The van der Waals surface area contributed by atoms with Gasteiger partial charge in [0.1, 0.15) is 23.8 Å². The van der Waals surface area contributed by atoms with Crippen LogP contribution in [0.5, 0.6) is 0 Å². The summed E-state index contributed by atoms with van der Waals surface area (Å²) in [6.45, 7) is 3.86. The minimum atomic E-state index is 0.607. The number of hydrogen-bond acceptors (Lipinski definition) is 8. The number of hydrogen-bond donors (Lipinski definition) is 2. The molecule has 0 unspecified atom stereocenters. The van der Waals surface area contributed by atoms with E-state index in [9.17, 15) is 0 Å². The van der Waals surface area contributed by atoms with Gasteiger partial charge in [0.05, 0.1) is 5.39 Å². The molecule has 0 amide bonds. The average Bonchev–Trinajstić information content (AvgIpc) is 3.21. The van der Waals surface area contributed by atoms with Crippen LogP contribution >= 0.6 is 0 Å². The Morgan fingerprint density at radius 3 is 2.71 bits per heavy atom. The van der Waals surface area contributed by atoms with Gasteiger partial charge in [-0.05, 0) is 18.7 Å². The number of aromatic amines is 1. The summed E-state index contributed by atoms with van der Waals surface area (Å²) in [6.07, 6.45) is 7.17. The Kier molecular flexibility index (Phi) is 5.24. The normalized spacial score (nSPS) is 15.1. The van der Waals surface area contributed by atoms with Gasteiger partial charge in [0.15, 0.2) is 11.5 Å². The van der Waals surface area contributed by atoms with E-state index in [0.29, 0.717) is 23.1 Å². The molecule has 9 heteroatoms. The third-order valence-electron chi connectivity index (χ3n) is 5.27. The summed E-state index contributed by atoms with van der Waals surface area (Å²) in [5.74, 6) is 2.93. The molecule has 2 N–H and O–H groups in total. The lowest BCUT2D eigenvalue weighted by Crippen LogP contribution is -2.44. The van der Waals surface area contributed by atoms with Crippen molar-refractivity contribution in [2.24, 2.45) is 0 Å². The van der Waals surface area contributed by atoms with E-state index < -0.39 is 0 Å². The molecule has 1 fully saturated rings. The zero-order chi connectivity index (χ0) is 21.0. The molecule has 0 radical (unpaired) electrons. The number of rotatable bonds is 5. The third kappa shape index (κ3) is 4.36. The Labute approximate surface area is 179 Å². The lowest BCUT2D eigenvalue weighted by atomic mass is 10.2. The van der Waals surface area contributed by atoms with E-state index in [1.165, 1.54) is 6.33 Å². The fourth-order valence-corrected chi connectivity index (χ4v) is 3.50. The molecule has 5 rings (SSSR count).